The number of nitrogens with zero attached hydrogens (tertiary/aromatic N) is 2. The van der Waals surface area contributed by atoms with Crippen LogP contribution in [-0.2, 0) is 11.3 Å². The summed E-state index contributed by atoms with van der Waals surface area (Å²) >= 11 is 0. The number of hydrogen-bond donors (Lipinski definition) is 1. The van der Waals surface area contributed by atoms with Crippen LogP contribution in [0.1, 0.15) is 12.0 Å². The molecule has 2 unspecified atom stereocenters. The summed E-state index contributed by atoms with van der Waals surface area (Å²) < 4.78 is 6.07. The zero-order valence-electron chi connectivity index (χ0n) is 14.6. The van der Waals surface area contributed by atoms with E-state index in [4.69, 9.17) is 4.74 Å². The highest BCUT2D eigenvalue weighted by Gasteiger charge is 2.44. The Balaban J connectivity index is 1.52. The fourth-order valence-electron chi connectivity index (χ4n) is 3.57. The summed E-state index contributed by atoms with van der Waals surface area (Å²) in [6, 6.07) is 16.4. The maximum absolute atomic E-state index is 13.0. The van der Waals surface area contributed by atoms with E-state index in [2.05, 4.69) is 5.32 Å². The second-order valence-corrected chi connectivity index (χ2v) is 6.65. The SMILES string of the molecule is CN1C(=O)C2CC(CN2C(=O)NCc2ccccc2)Oc2ccccc21. The summed E-state index contributed by atoms with van der Waals surface area (Å²) in [6.45, 7) is 0.831. The van der Waals surface area contributed by atoms with E-state index in [0.29, 0.717) is 25.3 Å². The van der Waals surface area contributed by atoms with Crippen LogP contribution < -0.4 is 15.0 Å². The molecule has 3 amide bonds. The minimum atomic E-state index is -0.505. The monoisotopic (exact) mass is 351 g/mol. The number of urea groups is 1. The number of amides is 3. The maximum atomic E-state index is 13.0. The molecule has 1 saturated heterocycles. The van der Waals surface area contributed by atoms with Crippen molar-refractivity contribution in [3.63, 3.8) is 0 Å². The number of nitrogens with one attached hydrogen (secondary N) is 1. The second kappa shape index (κ2) is 6.71. The molecule has 26 heavy (non-hydrogen) atoms. The molecule has 4 rings (SSSR count). The smallest absolute Gasteiger partial charge is 0.318 e. The van der Waals surface area contributed by atoms with Gasteiger partial charge in [0.05, 0.1) is 12.2 Å². The predicted molar refractivity (Wildman–Crippen MR) is 98.1 cm³/mol. The number of anilines is 1. The molecule has 0 aliphatic carbocycles. The summed E-state index contributed by atoms with van der Waals surface area (Å²) in [6.07, 6.45) is 0.331. The Morgan fingerprint density at radius 3 is 2.69 bits per heavy atom. The molecule has 2 bridgehead atoms. The molecule has 134 valence electrons. The number of likely N-dealkylation sites (N-methyl/N-ethyl adjacent to an activating group) is 1. The van der Waals surface area contributed by atoms with Crippen molar-refractivity contribution in [1.82, 2.24) is 10.2 Å². The molecule has 2 heterocycles. The molecule has 1 fully saturated rings. The van der Waals surface area contributed by atoms with Gasteiger partial charge in [-0.05, 0) is 17.7 Å². The van der Waals surface area contributed by atoms with Gasteiger partial charge >= 0.3 is 6.03 Å². The minimum absolute atomic E-state index is 0.0851. The number of benzene rings is 2. The molecule has 0 aromatic heterocycles. The number of fused-ring (bicyclic) bond motifs is 3. The highest BCUT2D eigenvalue weighted by molar-refractivity contribution is 6.00. The molecule has 1 N–H and O–H groups in total. The fourth-order valence-corrected chi connectivity index (χ4v) is 3.57. The molecule has 0 radical (unpaired) electrons. The Hall–Kier alpha value is -3.02. The molecule has 2 aromatic carbocycles. The van der Waals surface area contributed by atoms with Gasteiger partial charge in [0.1, 0.15) is 17.9 Å². The Labute approximate surface area is 152 Å². The van der Waals surface area contributed by atoms with Crippen molar-refractivity contribution in [3.8, 4) is 5.75 Å². The van der Waals surface area contributed by atoms with E-state index >= 15 is 0 Å². The minimum Gasteiger partial charge on any atom is -0.486 e. The molecule has 6 heteroatoms. The van der Waals surface area contributed by atoms with Crippen LogP contribution in [0.5, 0.6) is 5.75 Å². The van der Waals surface area contributed by atoms with Gasteiger partial charge in [0.15, 0.2) is 0 Å². The molecule has 0 saturated carbocycles. The molecule has 6 nitrogen and oxygen atoms in total. The van der Waals surface area contributed by atoms with Gasteiger partial charge in [-0.2, -0.15) is 0 Å². The molecule has 2 aliphatic heterocycles. The van der Waals surface area contributed by atoms with Gasteiger partial charge in [0.25, 0.3) is 0 Å². The third-order valence-electron chi connectivity index (χ3n) is 4.95. The van der Waals surface area contributed by atoms with Crippen LogP contribution in [0.25, 0.3) is 0 Å². The number of rotatable bonds is 2. The number of carbonyl (C=O) groups excluding carboxylic acids is 2. The molecular formula is C20H21N3O3. The number of para-hydroxylation sites is 2. The van der Waals surface area contributed by atoms with Gasteiger partial charge in [-0.1, -0.05) is 42.5 Å². The van der Waals surface area contributed by atoms with Crippen molar-refractivity contribution in [2.75, 3.05) is 18.5 Å². The Morgan fingerprint density at radius 1 is 1.15 bits per heavy atom. The quantitative estimate of drug-likeness (QED) is 0.904. The van der Waals surface area contributed by atoms with Crippen molar-refractivity contribution in [3.05, 3.63) is 60.2 Å². The first-order valence-electron chi connectivity index (χ1n) is 8.75. The first-order chi connectivity index (χ1) is 12.6. The van der Waals surface area contributed by atoms with Crippen LogP contribution in [0, 0.1) is 0 Å². The molecule has 0 spiro atoms. The number of hydrogen-bond acceptors (Lipinski definition) is 3. The second-order valence-electron chi connectivity index (χ2n) is 6.65. The van der Waals surface area contributed by atoms with E-state index in [-0.39, 0.29) is 18.0 Å². The average Bonchev–Trinajstić information content (AvgIpc) is 3.10. The van der Waals surface area contributed by atoms with Crippen molar-refractivity contribution >= 4 is 17.6 Å². The number of ether oxygens (including phenoxy) is 1. The lowest BCUT2D eigenvalue weighted by Crippen LogP contribution is -2.49. The average molecular weight is 351 g/mol. The zero-order valence-corrected chi connectivity index (χ0v) is 14.6. The fraction of sp³-hybridized carbons (Fsp3) is 0.300. The zero-order chi connectivity index (χ0) is 18.1. The van der Waals surface area contributed by atoms with Crippen LogP contribution >= 0.6 is 0 Å². The lowest BCUT2D eigenvalue weighted by Gasteiger charge is -2.29. The van der Waals surface area contributed by atoms with Gasteiger partial charge in [-0.3, -0.25) is 4.79 Å². The van der Waals surface area contributed by atoms with E-state index in [1.165, 1.54) is 0 Å². The molecular weight excluding hydrogens is 330 g/mol. The van der Waals surface area contributed by atoms with E-state index < -0.39 is 6.04 Å². The van der Waals surface area contributed by atoms with Gasteiger partial charge < -0.3 is 19.9 Å². The van der Waals surface area contributed by atoms with E-state index in [1.807, 2.05) is 54.6 Å². The molecule has 2 aliphatic rings. The molecule has 2 aromatic rings. The van der Waals surface area contributed by atoms with Crippen molar-refractivity contribution in [1.29, 1.82) is 0 Å². The highest BCUT2D eigenvalue weighted by Crippen LogP contribution is 2.35. The normalized spacial score (nSPS) is 21.5. The summed E-state index contributed by atoms with van der Waals surface area (Å²) in [7, 11) is 1.73. The van der Waals surface area contributed by atoms with Crippen molar-refractivity contribution in [2.24, 2.45) is 0 Å². The van der Waals surface area contributed by atoms with E-state index in [1.54, 1.807) is 16.8 Å². The van der Waals surface area contributed by atoms with Crippen molar-refractivity contribution < 1.29 is 14.3 Å². The first kappa shape index (κ1) is 16.4. The third-order valence-corrected chi connectivity index (χ3v) is 4.95. The van der Waals surface area contributed by atoms with Gasteiger partial charge in [-0.25, -0.2) is 4.79 Å². The van der Waals surface area contributed by atoms with Crippen LogP contribution in [0.2, 0.25) is 0 Å². The topological polar surface area (TPSA) is 61.9 Å². The standard InChI is InChI=1S/C20H21N3O3/c1-22-16-9-5-6-10-18(16)26-15-11-17(19(22)24)23(13-15)20(25)21-12-14-7-3-2-4-8-14/h2-10,15,17H,11-13H2,1H3,(H,21,25). The summed E-state index contributed by atoms with van der Waals surface area (Å²) in [4.78, 5) is 28.8. The van der Waals surface area contributed by atoms with Gasteiger partial charge in [0, 0.05) is 20.0 Å². The Kier molecular flexibility index (Phi) is 4.24. The van der Waals surface area contributed by atoms with Gasteiger partial charge in [0.2, 0.25) is 5.91 Å². The predicted octanol–water partition coefficient (Wildman–Crippen LogP) is 2.39. The summed E-state index contributed by atoms with van der Waals surface area (Å²) in [5.41, 5.74) is 1.75. The van der Waals surface area contributed by atoms with E-state index in [9.17, 15) is 9.59 Å². The Bertz CT molecular complexity index is 824. The summed E-state index contributed by atoms with van der Waals surface area (Å²) in [5.74, 6) is 0.594. The van der Waals surface area contributed by atoms with E-state index in [0.717, 1.165) is 11.3 Å². The van der Waals surface area contributed by atoms with Crippen molar-refractivity contribution in [2.45, 2.75) is 25.1 Å². The number of carbonyl (C=O) groups is 2. The maximum Gasteiger partial charge on any atom is 0.318 e. The highest BCUT2D eigenvalue weighted by atomic mass is 16.5. The first-order valence-corrected chi connectivity index (χ1v) is 8.75. The lowest BCUT2D eigenvalue weighted by molar-refractivity contribution is -0.122. The number of likely N-dealkylation sites (tertiary alicyclic amines) is 1. The van der Waals surface area contributed by atoms with Gasteiger partial charge in [-0.15, -0.1) is 0 Å². The molecule has 2 atom stereocenters. The van der Waals surface area contributed by atoms with Crippen LogP contribution in [0.3, 0.4) is 0 Å². The largest absolute Gasteiger partial charge is 0.486 e. The third kappa shape index (κ3) is 2.98. The Morgan fingerprint density at radius 2 is 1.88 bits per heavy atom. The van der Waals surface area contributed by atoms with Crippen LogP contribution in [-0.4, -0.2) is 42.6 Å². The lowest BCUT2D eigenvalue weighted by atomic mass is 10.1. The van der Waals surface area contributed by atoms with Crippen LogP contribution in [0.15, 0.2) is 54.6 Å². The van der Waals surface area contributed by atoms with Crippen LogP contribution in [0.4, 0.5) is 10.5 Å². The summed E-state index contributed by atoms with van der Waals surface area (Å²) in [5, 5.41) is 2.91.